The number of aromatic amines is 1. The SMILES string of the molecule is COc1cc(C=C(C#N)c2nc3ccc(C)cc3[nH]2)ccc1OS(=O)(=O)c1ccc(F)cc1. The Kier molecular flexibility index (Phi) is 5.85. The van der Waals surface area contributed by atoms with Crippen LogP contribution in [0, 0.1) is 24.1 Å². The van der Waals surface area contributed by atoms with Gasteiger partial charge in [0.2, 0.25) is 0 Å². The number of nitrogens with zero attached hydrogens (tertiary/aromatic N) is 2. The second kappa shape index (κ2) is 8.76. The van der Waals surface area contributed by atoms with Gasteiger partial charge in [-0.3, -0.25) is 0 Å². The Labute approximate surface area is 189 Å². The fraction of sp³-hybridized carbons (Fsp3) is 0.0833. The minimum atomic E-state index is -4.19. The van der Waals surface area contributed by atoms with E-state index in [-0.39, 0.29) is 16.4 Å². The first-order chi connectivity index (χ1) is 15.8. The lowest BCUT2D eigenvalue weighted by Crippen LogP contribution is -2.10. The summed E-state index contributed by atoms with van der Waals surface area (Å²) in [7, 11) is -2.83. The predicted molar refractivity (Wildman–Crippen MR) is 122 cm³/mol. The number of fused-ring (bicyclic) bond motifs is 1. The van der Waals surface area contributed by atoms with Crippen molar-refractivity contribution in [2.45, 2.75) is 11.8 Å². The van der Waals surface area contributed by atoms with Crippen LogP contribution in [-0.4, -0.2) is 25.5 Å². The number of aromatic nitrogens is 2. The third-order valence-corrected chi connectivity index (χ3v) is 6.06. The lowest BCUT2D eigenvalue weighted by molar-refractivity contribution is 0.390. The van der Waals surface area contributed by atoms with E-state index in [4.69, 9.17) is 8.92 Å². The number of aryl methyl sites for hydroxylation is 1. The van der Waals surface area contributed by atoms with Crippen molar-refractivity contribution < 1.29 is 21.7 Å². The topological polar surface area (TPSA) is 105 Å². The van der Waals surface area contributed by atoms with E-state index >= 15 is 0 Å². The van der Waals surface area contributed by atoms with Crippen molar-refractivity contribution in [2.24, 2.45) is 0 Å². The molecule has 7 nitrogen and oxygen atoms in total. The summed E-state index contributed by atoms with van der Waals surface area (Å²) < 4.78 is 48.6. The largest absolute Gasteiger partial charge is 0.493 e. The van der Waals surface area contributed by atoms with Crippen LogP contribution in [0.25, 0.3) is 22.7 Å². The Morgan fingerprint density at radius 2 is 1.85 bits per heavy atom. The molecular formula is C24H18FN3O4S. The molecule has 3 aromatic carbocycles. The Hall–Kier alpha value is -4.16. The molecule has 0 amide bonds. The van der Waals surface area contributed by atoms with Gasteiger partial charge in [0.25, 0.3) is 0 Å². The monoisotopic (exact) mass is 463 g/mol. The number of rotatable bonds is 6. The number of ether oxygens (including phenoxy) is 1. The number of methoxy groups -OCH3 is 1. The van der Waals surface area contributed by atoms with Crippen LogP contribution in [0.15, 0.2) is 65.6 Å². The second-order valence-electron chi connectivity index (χ2n) is 7.18. The first-order valence-corrected chi connectivity index (χ1v) is 11.2. The minimum Gasteiger partial charge on any atom is -0.493 e. The molecule has 0 aliphatic heterocycles. The second-order valence-corrected chi connectivity index (χ2v) is 8.72. The van der Waals surface area contributed by atoms with E-state index in [0.29, 0.717) is 17.0 Å². The van der Waals surface area contributed by atoms with Crippen LogP contribution in [-0.2, 0) is 10.1 Å². The van der Waals surface area contributed by atoms with Gasteiger partial charge in [0, 0.05) is 0 Å². The highest BCUT2D eigenvalue weighted by molar-refractivity contribution is 7.87. The molecule has 0 unspecified atom stereocenters. The van der Waals surface area contributed by atoms with Crippen LogP contribution in [0.4, 0.5) is 4.39 Å². The van der Waals surface area contributed by atoms with E-state index in [9.17, 15) is 18.1 Å². The van der Waals surface area contributed by atoms with Crippen molar-refractivity contribution in [3.05, 3.63) is 83.4 Å². The van der Waals surface area contributed by atoms with E-state index < -0.39 is 15.9 Å². The third-order valence-electron chi connectivity index (χ3n) is 4.81. The summed E-state index contributed by atoms with van der Waals surface area (Å²) in [6, 6.07) is 16.7. The summed E-state index contributed by atoms with van der Waals surface area (Å²) in [5.41, 5.74) is 3.49. The van der Waals surface area contributed by atoms with Crippen LogP contribution in [0.2, 0.25) is 0 Å². The summed E-state index contributed by atoms with van der Waals surface area (Å²) >= 11 is 0. The molecule has 0 atom stereocenters. The molecule has 0 saturated carbocycles. The molecule has 4 aromatic rings. The molecule has 166 valence electrons. The van der Waals surface area contributed by atoms with Crippen molar-refractivity contribution in [3.63, 3.8) is 0 Å². The number of benzene rings is 3. The molecule has 0 spiro atoms. The zero-order valence-corrected chi connectivity index (χ0v) is 18.5. The summed E-state index contributed by atoms with van der Waals surface area (Å²) in [5.74, 6) is -0.0458. The first-order valence-electron chi connectivity index (χ1n) is 9.76. The van der Waals surface area contributed by atoms with Gasteiger partial charge in [0.05, 0.1) is 23.7 Å². The maximum Gasteiger partial charge on any atom is 0.339 e. The fourth-order valence-corrected chi connectivity index (χ4v) is 4.12. The number of hydrogen-bond donors (Lipinski definition) is 1. The molecule has 0 bridgehead atoms. The fourth-order valence-electron chi connectivity index (χ4n) is 3.18. The van der Waals surface area contributed by atoms with Crippen molar-refractivity contribution in [3.8, 4) is 17.6 Å². The normalized spacial score (nSPS) is 11.9. The first kappa shape index (κ1) is 22.0. The van der Waals surface area contributed by atoms with E-state index in [2.05, 4.69) is 16.0 Å². The maximum atomic E-state index is 13.1. The van der Waals surface area contributed by atoms with Crippen molar-refractivity contribution in [2.75, 3.05) is 7.11 Å². The minimum absolute atomic E-state index is 0.0447. The lowest BCUT2D eigenvalue weighted by atomic mass is 10.1. The Balaban J connectivity index is 1.65. The molecule has 4 rings (SSSR count). The van der Waals surface area contributed by atoms with Gasteiger partial charge in [-0.15, -0.1) is 0 Å². The number of imidazole rings is 1. The Morgan fingerprint density at radius 3 is 2.55 bits per heavy atom. The van der Waals surface area contributed by atoms with E-state index in [1.807, 2.05) is 25.1 Å². The predicted octanol–water partition coefficient (Wildman–Crippen LogP) is 4.85. The van der Waals surface area contributed by atoms with Gasteiger partial charge in [0.15, 0.2) is 11.5 Å². The molecule has 0 aliphatic carbocycles. The molecule has 0 saturated heterocycles. The van der Waals surface area contributed by atoms with Gasteiger partial charge in [-0.1, -0.05) is 12.1 Å². The smallest absolute Gasteiger partial charge is 0.339 e. The highest BCUT2D eigenvalue weighted by atomic mass is 32.2. The molecule has 9 heteroatoms. The quantitative estimate of drug-likeness (QED) is 0.324. The number of nitriles is 1. The molecule has 1 N–H and O–H groups in total. The molecule has 1 heterocycles. The van der Waals surface area contributed by atoms with Gasteiger partial charge in [-0.2, -0.15) is 13.7 Å². The summed E-state index contributed by atoms with van der Waals surface area (Å²) in [6.45, 7) is 1.97. The van der Waals surface area contributed by atoms with Crippen LogP contribution >= 0.6 is 0 Å². The van der Waals surface area contributed by atoms with Crippen LogP contribution in [0.5, 0.6) is 11.5 Å². The number of nitrogens with one attached hydrogen (secondary N) is 1. The highest BCUT2D eigenvalue weighted by Gasteiger charge is 2.19. The Bertz CT molecular complexity index is 1520. The van der Waals surface area contributed by atoms with Gasteiger partial charge >= 0.3 is 10.1 Å². The number of hydrogen-bond acceptors (Lipinski definition) is 6. The third kappa shape index (κ3) is 4.71. The molecule has 1 aromatic heterocycles. The van der Waals surface area contributed by atoms with Gasteiger partial charge < -0.3 is 13.9 Å². The van der Waals surface area contributed by atoms with E-state index in [1.165, 1.54) is 13.2 Å². The van der Waals surface area contributed by atoms with Gasteiger partial charge in [-0.05, 0) is 72.7 Å². The average molecular weight is 463 g/mol. The lowest BCUT2D eigenvalue weighted by Gasteiger charge is -2.11. The molecular weight excluding hydrogens is 445 g/mol. The highest BCUT2D eigenvalue weighted by Crippen LogP contribution is 2.32. The van der Waals surface area contributed by atoms with Crippen molar-refractivity contribution >= 4 is 32.8 Å². The number of allylic oxidation sites excluding steroid dienone is 1. The summed E-state index contributed by atoms with van der Waals surface area (Å²) in [5, 5.41) is 9.66. The zero-order valence-electron chi connectivity index (χ0n) is 17.7. The Morgan fingerprint density at radius 1 is 1.09 bits per heavy atom. The van der Waals surface area contributed by atoms with E-state index in [1.54, 1.807) is 18.2 Å². The van der Waals surface area contributed by atoms with Crippen LogP contribution in [0.1, 0.15) is 17.0 Å². The van der Waals surface area contributed by atoms with Crippen molar-refractivity contribution in [1.82, 2.24) is 9.97 Å². The van der Waals surface area contributed by atoms with Gasteiger partial charge in [0.1, 0.15) is 22.6 Å². The van der Waals surface area contributed by atoms with Gasteiger partial charge in [-0.25, -0.2) is 9.37 Å². The van der Waals surface area contributed by atoms with Crippen LogP contribution in [0.3, 0.4) is 0 Å². The molecule has 0 fully saturated rings. The average Bonchev–Trinajstić information content (AvgIpc) is 3.21. The van der Waals surface area contributed by atoms with E-state index in [0.717, 1.165) is 40.9 Å². The number of H-pyrrole nitrogens is 1. The molecule has 0 radical (unpaired) electrons. The van der Waals surface area contributed by atoms with Crippen molar-refractivity contribution in [1.29, 1.82) is 5.26 Å². The summed E-state index contributed by atoms with van der Waals surface area (Å²) in [4.78, 5) is 7.41. The molecule has 33 heavy (non-hydrogen) atoms. The summed E-state index contributed by atoms with van der Waals surface area (Å²) in [6.07, 6.45) is 1.60. The molecule has 0 aliphatic rings. The standard InChI is InChI=1S/C24H18FN3O4S/c1-15-3-9-20-21(11-15)28-24(27-20)17(14-26)12-16-4-10-22(23(13-16)31-2)32-33(29,30)19-7-5-18(25)6-8-19/h3-13H,1-2H3,(H,27,28). The zero-order chi connectivity index (χ0) is 23.6. The maximum absolute atomic E-state index is 13.1. The number of halogens is 1. The van der Waals surface area contributed by atoms with Crippen LogP contribution < -0.4 is 8.92 Å².